The predicted octanol–water partition coefficient (Wildman–Crippen LogP) is 2.32. The van der Waals surface area contributed by atoms with Crippen LogP contribution < -0.4 is 11.3 Å². The first-order valence-electron chi connectivity index (χ1n) is 6.56. The molecule has 1 aliphatic rings. The SMILES string of the molecule is NNC(c1cnc2ccccc2n1)C1CCCC1. The van der Waals surface area contributed by atoms with E-state index in [1.54, 1.807) is 0 Å². The summed E-state index contributed by atoms with van der Waals surface area (Å²) in [6.07, 6.45) is 6.89. The molecule has 3 N–H and O–H groups in total. The van der Waals surface area contributed by atoms with Crippen molar-refractivity contribution in [3.8, 4) is 0 Å². The van der Waals surface area contributed by atoms with Crippen molar-refractivity contribution in [3.05, 3.63) is 36.2 Å². The molecule has 2 aromatic rings. The Morgan fingerprint density at radius 1 is 1.17 bits per heavy atom. The molecule has 3 rings (SSSR count). The summed E-state index contributed by atoms with van der Waals surface area (Å²) >= 11 is 0. The molecule has 0 saturated heterocycles. The number of para-hydroxylation sites is 2. The van der Waals surface area contributed by atoms with Crippen molar-refractivity contribution < 1.29 is 0 Å². The van der Waals surface area contributed by atoms with Gasteiger partial charge in [0.15, 0.2) is 0 Å². The van der Waals surface area contributed by atoms with Crippen LogP contribution in [0, 0.1) is 5.92 Å². The maximum absolute atomic E-state index is 5.71. The molecule has 1 aromatic heterocycles. The van der Waals surface area contributed by atoms with Gasteiger partial charge in [0, 0.05) is 0 Å². The number of hydrogen-bond acceptors (Lipinski definition) is 4. The van der Waals surface area contributed by atoms with Crippen molar-refractivity contribution in [3.63, 3.8) is 0 Å². The molecule has 1 aromatic carbocycles. The zero-order valence-corrected chi connectivity index (χ0v) is 10.3. The number of aromatic nitrogens is 2. The molecule has 0 bridgehead atoms. The van der Waals surface area contributed by atoms with E-state index in [2.05, 4.69) is 15.4 Å². The minimum atomic E-state index is 0.129. The van der Waals surface area contributed by atoms with E-state index in [-0.39, 0.29) is 6.04 Å². The van der Waals surface area contributed by atoms with E-state index in [4.69, 9.17) is 5.84 Å². The third kappa shape index (κ3) is 2.09. The largest absolute Gasteiger partial charge is 0.271 e. The van der Waals surface area contributed by atoms with Crippen LogP contribution in [-0.4, -0.2) is 9.97 Å². The Hall–Kier alpha value is -1.52. The van der Waals surface area contributed by atoms with Crippen LogP contribution in [0.5, 0.6) is 0 Å². The van der Waals surface area contributed by atoms with E-state index in [1.807, 2.05) is 30.5 Å². The van der Waals surface area contributed by atoms with Gasteiger partial charge in [0.05, 0.1) is 29.0 Å². The fraction of sp³-hybridized carbons (Fsp3) is 0.429. The van der Waals surface area contributed by atoms with Gasteiger partial charge in [0.1, 0.15) is 0 Å². The minimum absolute atomic E-state index is 0.129. The Kier molecular flexibility index (Phi) is 3.21. The van der Waals surface area contributed by atoms with Gasteiger partial charge in [-0.3, -0.25) is 16.3 Å². The van der Waals surface area contributed by atoms with Gasteiger partial charge in [-0.1, -0.05) is 25.0 Å². The molecule has 1 heterocycles. The lowest BCUT2D eigenvalue weighted by atomic mass is 9.96. The lowest BCUT2D eigenvalue weighted by Gasteiger charge is -2.21. The molecule has 18 heavy (non-hydrogen) atoms. The summed E-state index contributed by atoms with van der Waals surface area (Å²) in [5, 5.41) is 0. The summed E-state index contributed by atoms with van der Waals surface area (Å²) in [6, 6.07) is 8.07. The smallest absolute Gasteiger partial charge is 0.0890 e. The third-order valence-electron chi connectivity index (χ3n) is 3.84. The first-order chi connectivity index (χ1) is 8.88. The zero-order valence-electron chi connectivity index (χ0n) is 10.3. The first-order valence-corrected chi connectivity index (χ1v) is 6.56. The van der Waals surface area contributed by atoms with Crippen LogP contribution in [0.15, 0.2) is 30.5 Å². The van der Waals surface area contributed by atoms with E-state index in [0.29, 0.717) is 5.92 Å². The van der Waals surface area contributed by atoms with Gasteiger partial charge in [-0.2, -0.15) is 0 Å². The van der Waals surface area contributed by atoms with Crippen molar-refractivity contribution in [1.29, 1.82) is 0 Å². The second-order valence-electron chi connectivity index (χ2n) is 4.97. The van der Waals surface area contributed by atoms with Gasteiger partial charge in [-0.05, 0) is 30.9 Å². The standard InChI is InChI=1S/C14H18N4/c15-18-14(10-5-1-2-6-10)13-9-16-11-7-3-4-8-12(11)17-13/h3-4,7-10,14,18H,1-2,5-6,15H2. The normalized spacial score (nSPS) is 18.3. The Labute approximate surface area is 107 Å². The third-order valence-corrected chi connectivity index (χ3v) is 3.84. The Bertz CT molecular complexity index is 534. The minimum Gasteiger partial charge on any atom is -0.271 e. The van der Waals surface area contributed by atoms with Crippen LogP contribution in [-0.2, 0) is 0 Å². The van der Waals surface area contributed by atoms with Crippen molar-refractivity contribution in [2.45, 2.75) is 31.7 Å². The van der Waals surface area contributed by atoms with Crippen LogP contribution in [0.25, 0.3) is 11.0 Å². The summed E-state index contributed by atoms with van der Waals surface area (Å²) in [7, 11) is 0. The molecule has 0 amide bonds. The predicted molar refractivity (Wildman–Crippen MR) is 71.6 cm³/mol. The van der Waals surface area contributed by atoms with E-state index >= 15 is 0 Å². The average Bonchev–Trinajstić information content (AvgIpc) is 2.93. The number of nitrogens with zero attached hydrogens (tertiary/aromatic N) is 2. The number of fused-ring (bicyclic) bond motifs is 1. The summed E-state index contributed by atoms with van der Waals surface area (Å²) in [6.45, 7) is 0. The summed E-state index contributed by atoms with van der Waals surface area (Å²) in [5.41, 5.74) is 5.76. The van der Waals surface area contributed by atoms with Crippen molar-refractivity contribution in [2.24, 2.45) is 11.8 Å². The fourth-order valence-corrected chi connectivity index (χ4v) is 2.88. The van der Waals surface area contributed by atoms with Crippen molar-refractivity contribution in [2.75, 3.05) is 0 Å². The number of nitrogens with one attached hydrogen (secondary N) is 1. The molecule has 4 nitrogen and oxygen atoms in total. The van der Waals surface area contributed by atoms with Crippen molar-refractivity contribution >= 4 is 11.0 Å². The summed E-state index contributed by atoms with van der Waals surface area (Å²) in [5.74, 6) is 6.30. The number of nitrogens with two attached hydrogens (primary N) is 1. The highest BCUT2D eigenvalue weighted by Gasteiger charge is 2.26. The first kappa shape index (κ1) is 11.6. The zero-order chi connectivity index (χ0) is 12.4. The van der Waals surface area contributed by atoms with Crippen LogP contribution in [0.3, 0.4) is 0 Å². The van der Waals surface area contributed by atoms with Crippen molar-refractivity contribution in [1.82, 2.24) is 15.4 Å². The summed E-state index contributed by atoms with van der Waals surface area (Å²) in [4.78, 5) is 9.15. The van der Waals surface area contributed by atoms with Crippen LogP contribution >= 0.6 is 0 Å². The van der Waals surface area contributed by atoms with E-state index in [9.17, 15) is 0 Å². The fourth-order valence-electron chi connectivity index (χ4n) is 2.88. The van der Waals surface area contributed by atoms with E-state index in [1.165, 1.54) is 25.7 Å². The van der Waals surface area contributed by atoms with Gasteiger partial charge in [0.2, 0.25) is 0 Å². The Morgan fingerprint density at radius 2 is 1.89 bits per heavy atom. The second kappa shape index (κ2) is 5.00. The lowest BCUT2D eigenvalue weighted by molar-refractivity contribution is 0.366. The molecular formula is C14H18N4. The molecule has 0 spiro atoms. The number of rotatable bonds is 3. The Balaban J connectivity index is 1.96. The Morgan fingerprint density at radius 3 is 2.61 bits per heavy atom. The molecular weight excluding hydrogens is 224 g/mol. The van der Waals surface area contributed by atoms with Gasteiger partial charge < -0.3 is 0 Å². The lowest BCUT2D eigenvalue weighted by Crippen LogP contribution is -2.33. The monoisotopic (exact) mass is 242 g/mol. The van der Waals surface area contributed by atoms with Gasteiger partial charge in [0.25, 0.3) is 0 Å². The maximum atomic E-state index is 5.71. The topological polar surface area (TPSA) is 63.8 Å². The molecule has 0 radical (unpaired) electrons. The molecule has 1 atom stereocenters. The number of hydrogen-bond donors (Lipinski definition) is 2. The molecule has 94 valence electrons. The highest BCUT2D eigenvalue weighted by atomic mass is 15.2. The van der Waals surface area contributed by atoms with Gasteiger partial charge in [-0.25, -0.2) is 4.98 Å². The number of benzene rings is 1. The van der Waals surface area contributed by atoms with Crippen LogP contribution in [0.1, 0.15) is 37.4 Å². The average molecular weight is 242 g/mol. The van der Waals surface area contributed by atoms with Crippen LogP contribution in [0.4, 0.5) is 0 Å². The molecule has 1 saturated carbocycles. The molecule has 4 heteroatoms. The van der Waals surface area contributed by atoms with E-state index in [0.717, 1.165) is 16.7 Å². The maximum Gasteiger partial charge on any atom is 0.0890 e. The van der Waals surface area contributed by atoms with E-state index < -0.39 is 0 Å². The molecule has 1 aliphatic carbocycles. The summed E-state index contributed by atoms with van der Waals surface area (Å²) < 4.78 is 0. The van der Waals surface area contributed by atoms with Gasteiger partial charge in [-0.15, -0.1) is 0 Å². The highest BCUT2D eigenvalue weighted by molar-refractivity contribution is 5.73. The van der Waals surface area contributed by atoms with Gasteiger partial charge >= 0.3 is 0 Å². The second-order valence-corrected chi connectivity index (χ2v) is 4.97. The quantitative estimate of drug-likeness (QED) is 0.640. The molecule has 1 fully saturated rings. The molecule has 1 unspecified atom stereocenters. The van der Waals surface area contributed by atoms with Crippen LogP contribution in [0.2, 0.25) is 0 Å². The highest BCUT2D eigenvalue weighted by Crippen LogP contribution is 2.34. The molecule has 0 aliphatic heterocycles. The number of hydrazine groups is 1.